The molecular formula is C26H31N3O3. The predicted octanol–water partition coefficient (Wildman–Crippen LogP) is 4.03. The highest BCUT2D eigenvalue weighted by atomic mass is 16.5. The Kier molecular flexibility index (Phi) is 6.61. The van der Waals surface area contributed by atoms with E-state index in [-0.39, 0.29) is 11.9 Å². The minimum Gasteiger partial charge on any atom is -0.497 e. The van der Waals surface area contributed by atoms with Crippen molar-refractivity contribution in [3.8, 4) is 5.75 Å². The van der Waals surface area contributed by atoms with Crippen LogP contribution in [0.15, 0.2) is 60.7 Å². The van der Waals surface area contributed by atoms with Gasteiger partial charge in [-0.1, -0.05) is 54.6 Å². The molecule has 0 bridgehead atoms. The molecule has 0 radical (unpaired) electrons. The number of methoxy groups -OCH3 is 1. The summed E-state index contributed by atoms with van der Waals surface area (Å²) in [6, 6.07) is 17.8. The minimum atomic E-state index is -0.711. The number of likely N-dealkylation sites (tertiary alicyclic amines) is 1. The molecule has 4 rings (SSSR count). The van der Waals surface area contributed by atoms with Crippen molar-refractivity contribution >= 4 is 18.0 Å². The van der Waals surface area contributed by atoms with E-state index in [1.54, 1.807) is 12.0 Å². The molecule has 2 fully saturated rings. The van der Waals surface area contributed by atoms with Gasteiger partial charge >= 0.3 is 6.03 Å². The lowest BCUT2D eigenvalue weighted by atomic mass is 9.85. The molecule has 1 spiro atoms. The van der Waals surface area contributed by atoms with Gasteiger partial charge < -0.3 is 9.64 Å². The fourth-order valence-corrected chi connectivity index (χ4v) is 4.83. The molecule has 6 heteroatoms. The second-order valence-corrected chi connectivity index (χ2v) is 8.41. The molecule has 2 aliphatic rings. The summed E-state index contributed by atoms with van der Waals surface area (Å²) in [4.78, 5) is 32.1. The highest BCUT2D eigenvalue weighted by molar-refractivity contribution is 6.07. The largest absolute Gasteiger partial charge is 0.497 e. The van der Waals surface area contributed by atoms with Crippen molar-refractivity contribution in [2.24, 2.45) is 0 Å². The molecule has 2 aromatic rings. The number of carbonyl (C=O) groups excluding carboxylic acids is 2. The quantitative estimate of drug-likeness (QED) is 0.619. The zero-order valence-electron chi connectivity index (χ0n) is 18.9. The summed E-state index contributed by atoms with van der Waals surface area (Å²) in [5.41, 5.74) is 1.53. The first-order chi connectivity index (χ1) is 15.6. The van der Waals surface area contributed by atoms with Gasteiger partial charge in [0.05, 0.1) is 7.11 Å². The number of urea groups is 1. The van der Waals surface area contributed by atoms with E-state index >= 15 is 0 Å². The standard InChI is InChI=1S/C26H31N3O3/c1-3-29-25(31)28(16-8-12-21-9-5-4-6-10-21)24(30)26(29)14-17-27(18-15-26)20-22-11-7-13-23(19-22)32-2/h4-13,19H,3,14-18,20H2,1-2H3/b12-8+. The summed E-state index contributed by atoms with van der Waals surface area (Å²) in [7, 11) is 1.67. The zero-order valence-corrected chi connectivity index (χ0v) is 18.9. The molecule has 3 amide bonds. The molecule has 2 aliphatic heterocycles. The summed E-state index contributed by atoms with van der Waals surface area (Å²) < 4.78 is 5.33. The van der Waals surface area contributed by atoms with Gasteiger partial charge in [-0.3, -0.25) is 14.6 Å². The first-order valence-electron chi connectivity index (χ1n) is 11.3. The number of imide groups is 1. The number of ether oxygens (including phenoxy) is 1. The summed E-state index contributed by atoms with van der Waals surface area (Å²) in [5.74, 6) is 0.798. The lowest BCUT2D eigenvalue weighted by molar-refractivity contribution is -0.135. The smallest absolute Gasteiger partial charge is 0.327 e. The molecule has 32 heavy (non-hydrogen) atoms. The summed E-state index contributed by atoms with van der Waals surface area (Å²) in [6.45, 7) is 5.17. The normalized spacial score (nSPS) is 18.8. The van der Waals surface area contributed by atoms with Gasteiger partial charge in [0.15, 0.2) is 0 Å². The van der Waals surface area contributed by atoms with Crippen molar-refractivity contribution in [1.82, 2.24) is 14.7 Å². The lowest BCUT2D eigenvalue weighted by Crippen LogP contribution is -2.56. The molecule has 6 nitrogen and oxygen atoms in total. The van der Waals surface area contributed by atoms with Gasteiger partial charge in [-0.25, -0.2) is 4.79 Å². The molecule has 2 heterocycles. The van der Waals surface area contributed by atoms with Gasteiger partial charge in [-0.2, -0.15) is 0 Å². The maximum atomic E-state index is 13.4. The van der Waals surface area contributed by atoms with Crippen LogP contribution in [-0.4, -0.2) is 65.5 Å². The SMILES string of the molecule is CCN1C(=O)N(C/C=C/c2ccccc2)C(=O)C12CCN(Cc1cccc(OC)c1)CC2. The molecule has 0 unspecified atom stereocenters. The van der Waals surface area contributed by atoms with Crippen LogP contribution in [0.2, 0.25) is 0 Å². The van der Waals surface area contributed by atoms with Gasteiger partial charge in [-0.05, 0) is 43.0 Å². The molecule has 2 saturated heterocycles. The lowest BCUT2D eigenvalue weighted by Gasteiger charge is -2.42. The highest BCUT2D eigenvalue weighted by Gasteiger charge is 2.56. The Labute approximate surface area is 190 Å². The second-order valence-electron chi connectivity index (χ2n) is 8.41. The van der Waals surface area contributed by atoms with E-state index in [0.717, 1.165) is 30.9 Å². The number of piperidine rings is 1. The van der Waals surface area contributed by atoms with Crippen LogP contribution in [-0.2, 0) is 11.3 Å². The Morgan fingerprint density at radius 3 is 2.47 bits per heavy atom. The molecule has 0 saturated carbocycles. The van der Waals surface area contributed by atoms with Gasteiger partial charge in [-0.15, -0.1) is 0 Å². The van der Waals surface area contributed by atoms with E-state index in [2.05, 4.69) is 11.0 Å². The van der Waals surface area contributed by atoms with Crippen molar-refractivity contribution in [3.05, 3.63) is 71.8 Å². The minimum absolute atomic E-state index is 0.0527. The monoisotopic (exact) mass is 433 g/mol. The topological polar surface area (TPSA) is 53.1 Å². The molecule has 168 valence electrons. The number of nitrogens with zero attached hydrogens (tertiary/aromatic N) is 3. The Morgan fingerprint density at radius 1 is 1.03 bits per heavy atom. The molecular weight excluding hydrogens is 402 g/mol. The maximum absolute atomic E-state index is 13.4. The van der Waals surface area contributed by atoms with Gasteiger partial charge in [0.2, 0.25) is 0 Å². The number of carbonyl (C=O) groups is 2. The fraction of sp³-hybridized carbons (Fsp3) is 0.385. The van der Waals surface area contributed by atoms with Crippen molar-refractivity contribution in [3.63, 3.8) is 0 Å². The summed E-state index contributed by atoms with van der Waals surface area (Å²) in [6.07, 6.45) is 5.18. The van der Waals surface area contributed by atoms with Crippen LogP contribution >= 0.6 is 0 Å². The molecule has 0 atom stereocenters. The fourth-order valence-electron chi connectivity index (χ4n) is 4.83. The maximum Gasteiger partial charge on any atom is 0.327 e. The molecule has 0 aromatic heterocycles. The Morgan fingerprint density at radius 2 is 1.78 bits per heavy atom. The Balaban J connectivity index is 1.42. The average Bonchev–Trinajstić information content (AvgIpc) is 3.02. The molecule has 0 aliphatic carbocycles. The number of benzene rings is 2. The van der Waals surface area contributed by atoms with Crippen LogP contribution in [0.1, 0.15) is 30.9 Å². The van der Waals surface area contributed by atoms with E-state index in [1.807, 2.05) is 67.6 Å². The van der Waals surface area contributed by atoms with Crippen LogP contribution in [0.4, 0.5) is 4.79 Å². The van der Waals surface area contributed by atoms with Gasteiger partial charge in [0.1, 0.15) is 11.3 Å². The second kappa shape index (κ2) is 9.57. The predicted molar refractivity (Wildman–Crippen MR) is 125 cm³/mol. The van der Waals surface area contributed by atoms with Crippen LogP contribution in [0.3, 0.4) is 0 Å². The van der Waals surface area contributed by atoms with Crippen molar-refractivity contribution in [2.75, 3.05) is 33.3 Å². The van der Waals surface area contributed by atoms with Crippen molar-refractivity contribution in [1.29, 1.82) is 0 Å². The van der Waals surface area contributed by atoms with E-state index in [4.69, 9.17) is 4.74 Å². The first-order valence-corrected chi connectivity index (χ1v) is 11.3. The number of hydrogen-bond donors (Lipinski definition) is 0. The average molecular weight is 434 g/mol. The van der Waals surface area contributed by atoms with E-state index < -0.39 is 5.54 Å². The van der Waals surface area contributed by atoms with E-state index in [0.29, 0.717) is 25.9 Å². The van der Waals surface area contributed by atoms with Crippen LogP contribution in [0.5, 0.6) is 5.75 Å². The third-order valence-electron chi connectivity index (χ3n) is 6.56. The first kappa shape index (κ1) is 22.1. The third kappa shape index (κ3) is 4.28. The van der Waals surface area contributed by atoms with Crippen molar-refractivity contribution < 1.29 is 14.3 Å². The van der Waals surface area contributed by atoms with Crippen molar-refractivity contribution in [2.45, 2.75) is 31.8 Å². The number of rotatable bonds is 7. The number of amides is 3. The van der Waals surface area contributed by atoms with E-state index in [1.165, 1.54) is 10.5 Å². The zero-order chi connectivity index (χ0) is 22.6. The van der Waals surface area contributed by atoms with Gasteiger partial charge in [0.25, 0.3) is 5.91 Å². The van der Waals surface area contributed by atoms with Crippen LogP contribution in [0.25, 0.3) is 6.08 Å². The highest BCUT2D eigenvalue weighted by Crippen LogP contribution is 2.37. The van der Waals surface area contributed by atoms with Gasteiger partial charge in [0, 0.05) is 32.7 Å². The number of hydrogen-bond acceptors (Lipinski definition) is 4. The Bertz CT molecular complexity index is 981. The third-order valence-corrected chi connectivity index (χ3v) is 6.56. The number of likely N-dealkylation sites (N-methyl/N-ethyl adjacent to an activating group) is 1. The summed E-state index contributed by atoms with van der Waals surface area (Å²) in [5, 5.41) is 0. The Hall–Kier alpha value is -3.12. The van der Waals surface area contributed by atoms with Crippen LogP contribution < -0.4 is 4.74 Å². The molecule has 0 N–H and O–H groups in total. The summed E-state index contributed by atoms with van der Waals surface area (Å²) >= 11 is 0. The van der Waals surface area contributed by atoms with Crippen LogP contribution in [0, 0.1) is 0 Å². The van der Waals surface area contributed by atoms with E-state index in [9.17, 15) is 9.59 Å². The molecule has 2 aromatic carbocycles.